The first-order chi connectivity index (χ1) is 13.0. The fraction of sp³-hybridized carbons (Fsp3) is 0.500. The number of aromatic nitrogens is 3. The quantitative estimate of drug-likeness (QED) is 0.807. The summed E-state index contributed by atoms with van der Waals surface area (Å²) in [6, 6.07) is 3.53. The van der Waals surface area contributed by atoms with Crippen LogP contribution in [-0.4, -0.2) is 76.0 Å². The number of carbonyl (C=O) groups is 2. The third kappa shape index (κ3) is 4.42. The monoisotopic (exact) mass is 372 g/mol. The molecule has 0 radical (unpaired) electrons. The van der Waals surface area contributed by atoms with Crippen LogP contribution in [0.5, 0.6) is 0 Å². The van der Waals surface area contributed by atoms with Gasteiger partial charge in [0.05, 0.1) is 12.5 Å². The van der Waals surface area contributed by atoms with E-state index >= 15 is 0 Å². The minimum atomic E-state index is -0.213. The van der Waals surface area contributed by atoms with Gasteiger partial charge in [-0.25, -0.2) is 4.79 Å². The van der Waals surface area contributed by atoms with Crippen molar-refractivity contribution in [1.82, 2.24) is 29.8 Å². The second kappa shape index (κ2) is 8.15. The molecule has 1 saturated heterocycles. The molecule has 0 saturated carbocycles. The average Bonchev–Trinajstić information content (AvgIpc) is 3.16. The third-order valence-corrected chi connectivity index (χ3v) is 4.58. The first-order valence-electron chi connectivity index (χ1n) is 8.90. The van der Waals surface area contributed by atoms with Crippen LogP contribution < -0.4 is 0 Å². The largest absolute Gasteiger partial charge is 0.337 e. The Hall–Kier alpha value is -2.97. The predicted molar refractivity (Wildman–Crippen MR) is 97.4 cm³/mol. The maximum Gasteiger partial charge on any atom is 0.319 e. The van der Waals surface area contributed by atoms with E-state index in [0.717, 1.165) is 18.4 Å². The summed E-state index contributed by atoms with van der Waals surface area (Å²) in [5.41, 5.74) is 0.805. The number of nitrogens with zero attached hydrogens (tertiary/aromatic N) is 6. The van der Waals surface area contributed by atoms with Crippen molar-refractivity contribution >= 4 is 11.9 Å². The van der Waals surface area contributed by atoms with Gasteiger partial charge in [-0.1, -0.05) is 5.16 Å². The fourth-order valence-corrected chi connectivity index (χ4v) is 3.17. The van der Waals surface area contributed by atoms with Crippen LogP contribution in [0, 0.1) is 5.92 Å². The van der Waals surface area contributed by atoms with Gasteiger partial charge in [0.15, 0.2) is 0 Å². The molecule has 144 valence electrons. The molecule has 0 bridgehead atoms. The summed E-state index contributed by atoms with van der Waals surface area (Å²) in [6.07, 6.45) is 4.90. The van der Waals surface area contributed by atoms with Crippen molar-refractivity contribution in [2.24, 2.45) is 5.92 Å². The maximum atomic E-state index is 12.8. The highest BCUT2D eigenvalue weighted by atomic mass is 16.5. The van der Waals surface area contributed by atoms with Crippen LogP contribution in [0.4, 0.5) is 4.79 Å². The molecule has 1 aliphatic rings. The number of hydrogen-bond acceptors (Lipinski definition) is 6. The second-order valence-electron chi connectivity index (χ2n) is 6.90. The van der Waals surface area contributed by atoms with Gasteiger partial charge in [-0.05, 0) is 25.0 Å². The Bertz CT molecular complexity index is 791. The Morgan fingerprint density at radius 1 is 1.26 bits per heavy atom. The SMILES string of the molecule is CN(C)C(=O)N1CCC[C@H](C(=O)N(C)Cc2nc(-c3ccncc3)no2)C1. The molecule has 0 N–H and O–H groups in total. The van der Waals surface area contributed by atoms with Crippen molar-refractivity contribution in [2.75, 3.05) is 34.2 Å². The van der Waals surface area contributed by atoms with E-state index in [-0.39, 0.29) is 24.4 Å². The van der Waals surface area contributed by atoms with Crippen molar-refractivity contribution in [1.29, 1.82) is 0 Å². The molecule has 9 nitrogen and oxygen atoms in total. The molecular weight excluding hydrogens is 348 g/mol. The fourth-order valence-electron chi connectivity index (χ4n) is 3.17. The van der Waals surface area contributed by atoms with Crippen LogP contribution in [0.3, 0.4) is 0 Å². The van der Waals surface area contributed by atoms with Gasteiger partial charge in [0.25, 0.3) is 0 Å². The number of pyridine rings is 1. The highest BCUT2D eigenvalue weighted by molar-refractivity contribution is 5.80. The van der Waals surface area contributed by atoms with Crippen LogP contribution in [0.15, 0.2) is 29.0 Å². The zero-order valence-electron chi connectivity index (χ0n) is 15.8. The number of amides is 3. The van der Waals surface area contributed by atoms with E-state index in [1.807, 2.05) is 0 Å². The molecule has 0 unspecified atom stereocenters. The summed E-state index contributed by atoms with van der Waals surface area (Å²) in [6.45, 7) is 1.35. The predicted octanol–water partition coefficient (Wildman–Crippen LogP) is 1.48. The van der Waals surface area contributed by atoms with E-state index < -0.39 is 0 Å². The topological polar surface area (TPSA) is 95.7 Å². The average molecular weight is 372 g/mol. The Labute approximate surface area is 158 Å². The van der Waals surface area contributed by atoms with Crippen LogP contribution in [0.1, 0.15) is 18.7 Å². The van der Waals surface area contributed by atoms with Crippen LogP contribution >= 0.6 is 0 Å². The molecule has 1 atom stereocenters. The lowest BCUT2D eigenvalue weighted by Crippen LogP contribution is -2.48. The Morgan fingerprint density at radius 3 is 2.70 bits per heavy atom. The molecule has 3 rings (SSSR count). The Morgan fingerprint density at radius 2 is 2.00 bits per heavy atom. The van der Waals surface area contributed by atoms with Gasteiger partial charge in [0.2, 0.25) is 17.6 Å². The van der Waals surface area contributed by atoms with Crippen molar-refractivity contribution in [3.8, 4) is 11.4 Å². The summed E-state index contributed by atoms with van der Waals surface area (Å²) in [4.78, 5) is 38.1. The number of urea groups is 1. The van der Waals surface area contributed by atoms with E-state index in [0.29, 0.717) is 24.8 Å². The Kier molecular flexibility index (Phi) is 5.68. The normalized spacial score (nSPS) is 16.9. The van der Waals surface area contributed by atoms with Crippen molar-refractivity contribution in [2.45, 2.75) is 19.4 Å². The number of rotatable bonds is 4. The van der Waals surface area contributed by atoms with E-state index in [4.69, 9.17) is 4.52 Å². The summed E-state index contributed by atoms with van der Waals surface area (Å²) >= 11 is 0. The zero-order valence-corrected chi connectivity index (χ0v) is 15.8. The molecule has 3 amide bonds. The van der Waals surface area contributed by atoms with E-state index in [1.165, 1.54) is 4.90 Å². The van der Waals surface area contributed by atoms with Gasteiger partial charge in [0, 0.05) is 52.2 Å². The molecule has 3 heterocycles. The van der Waals surface area contributed by atoms with E-state index in [2.05, 4.69) is 15.1 Å². The lowest BCUT2D eigenvalue weighted by Gasteiger charge is -2.35. The smallest absolute Gasteiger partial charge is 0.319 e. The second-order valence-corrected chi connectivity index (χ2v) is 6.90. The van der Waals surface area contributed by atoms with E-state index in [1.54, 1.807) is 55.5 Å². The van der Waals surface area contributed by atoms with Gasteiger partial charge in [-0.15, -0.1) is 0 Å². The minimum absolute atomic E-state index is 0.0186. The maximum absolute atomic E-state index is 12.8. The molecule has 0 aliphatic carbocycles. The van der Waals surface area contributed by atoms with Crippen LogP contribution in [-0.2, 0) is 11.3 Å². The first kappa shape index (κ1) is 18.8. The van der Waals surface area contributed by atoms with Gasteiger partial charge >= 0.3 is 6.03 Å². The number of carbonyl (C=O) groups excluding carboxylic acids is 2. The molecule has 9 heteroatoms. The summed E-state index contributed by atoms with van der Waals surface area (Å²) in [5, 5.41) is 3.96. The summed E-state index contributed by atoms with van der Waals surface area (Å²) < 4.78 is 5.27. The molecule has 27 heavy (non-hydrogen) atoms. The molecular formula is C18H24N6O3. The first-order valence-corrected chi connectivity index (χ1v) is 8.90. The molecule has 2 aromatic heterocycles. The third-order valence-electron chi connectivity index (χ3n) is 4.58. The lowest BCUT2D eigenvalue weighted by molar-refractivity contribution is -0.136. The van der Waals surface area contributed by atoms with Gasteiger partial charge in [-0.3, -0.25) is 9.78 Å². The molecule has 1 fully saturated rings. The summed E-state index contributed by atoms with van der Waals surface area (Å²) in [7, 11) is 5.15. The molecule has 2 aromatic rings. The standard InChI is InChI=1S/C18H24N6O3/c1-22(2)18(26)24-10-4-5-14(11-24)17(25)23(3)12-15-20-16(21-27-15)13-6-8-19-9-7-13/h6-9,14H,4-5,10-12H2,1-3H3/t14-/m0/s1. The molecule has 0 aromatic carbocycles. The highest BCUT2D eigenvalue weighted by Crippen LogP contribution is 2.21. The molecule has 1 aliphatic heterocycles. The van der Waals surface area contributed by atoms with Crippen LogP contribution in [0.2, 0.25) is 0 Å². The van der Waals surface area contributed by atoms with Crippen molar-refractivity contribution in [3.05, 3.63) is 30.4 Å². The lowest BCUT2D eigenvalue weighted by atomic mass is 9.97. The van der Waals surface area contributed by atoms with Crippen LogP contribution in [0.25, 0.3) is 11.4 Å². The number of hydrogen-bond donors (Lipinski definition) is 0. The number of piperidine rings is 1. The summed E-state index contributed by atoms with van der Waals surface area (Å²) in [5.74, 6) is 0.605. The van der Waals surface area contributed by atoms with Gasteiger partial charge < -0.3 is 19.2 Å². The van der Waals surface area contributed by atoms with Crippen molar-refractivity contribution < 1.29 is 14.1 Å². The van der Waals surface area contributed by atoms with E-state index in [9.17, 15) is 9.59 Å². The molecule has 0 spiro atoms. The number of likely N-dealkylation sites (tertiary alicyclic amines) is 1. The van der Waals surface area contributed by atoms with Crippen molar-refractivity contribution in [3.63, 3.8) is 0 Å². The van der Waals surface area contributed by atoms with Gasteiger partial charge in [0.1, 0.15) is 0 Å². The van der Waals surface area contributed by atoms with Gasteiger partial charge in [-0.2, -0.15) is 4.98 Å². The minimum Gasteiger partial charge on any atom is -0.337 e. The Balaban J connectivity index is 1.61. The highest BCUT2D eigenvalue weighted by Gasteiger charge is 2.31. The zero-order chi connectivity index (χ0) is 19.4.